The Morgan fingerprint density at radius 3 is 2.32 bits per heavy atom. The molecule has 0 aliphatic carbocycles. The molecule has 0 radical (unpaired) electrons. The normalized spacial score (nSPS) is 19.1. The molecule has 1 fully saturated rings. The Kier molecular flexibility index (Phi) is 4.96. The SMILES string of the molecule is COC(=O)C(c1ccc(Br)cc1)N1CCN(C)CC1. The van der Waals surface area contributed by atoms with Crippen molar-refractivity contribution < 1.29 is 9.53 Å². The zero-order chi connectivity index (χ0) is 13.8. The van der Waals surface area contributed by atoms with Crippen LogP contribution < -0.4 is 0 Å². The minimum atomic E-state index is -0.299. The molecule has 1 saturated heterocycles. The number of benzene rings is 1. The van der Waals surface area contributed by atoms with Crippen LogP contribution in [0.5, 0.6) is 0 Å². The first-order valence-corrected chi connectivity index (χ1v) is 7.17. The summed E-state index contributed by atoms with van der Waals surface area (Å²) in [6, 6.07) is 7.57. The van der Waals surface area contributed by atoms with E-state index < -0.39 is 0 Å². The van der Waals surface area contributed by atoms with Crippen LogP contribution in [0.25, 0.3) is 0 Å². The average molecular weight is 327 g/mol. The summed E-state index contributed by atoms with van der Waals surface area (Å²) in [5.74, 6) is -0.188. The lowest BCUT2D eigenvalue weighted by atomic mass is 10.0. The van der Waals surface area contributed by atoms with Crippen LogP contribution in [-0.4, -0.2) is 56.1 Å². The highest BCUT2D eigenvalue weighted by Crippen LogP contribution is 2.25. The molecule has 4 nitrogen and oxygen atoms in total. The highest BCUT2D eigenvalue weighted by atomic mass is 79.9. The molecule has 1 aliphatic heterocycles. The Hall–Kier alpha value is -0.910. The molecule has 0 bridgehead atoms. The van der Waals surface area contributed by atoms with Crippen LogP contribution >= 0.6 is 15.9 Å². The molecular formula is C14H19BrN2O2. The minimum Gasteiger partial charge on any atom is -0.468 e. The fourth-order valence-electron chi connectivity index (χ4n) is 2.33. The van der Waals surface area contributed by atoms with E-state index in [-0.39, 0.29) is 12.0 Å². The Balaban J connectivity index is 2.21. The van der Waals surface area contributed by atoms with E-state index in [4.69, 9.17) is 4.74 Å². The molecule has 1 atom stereocenters. The molecule has 1 unspecified atom stereocenters. The smallest absolute Gasteiger partial charge is 0.327 e. The van der Waals surface area contributed by atoms with Gasteiger partial charge >= 0.3 is 5.97 Å². The van der Waals surface area contributed by atoms with Gasteiger partial charge in [-0.1, -0.05) is 28.1 Å². The molecule has 1 aromatic carbocycles. The molecule has 1 heterocycles. The van der Waals surface area contributed by atoms with E-state index >= 15 is 0 Å². The van der Waals surface area contributed by atoms with Gasteiger partial charge in [-0.15, -0.1) is 0 Å². The summed E-state index contributed by atoms with van der Waals surface area (Å²) >= 11 is 3.42. The number of hydrogen-bond donors (Lipinski definition) is 0. The zero-order valence-corrected chi connectivity index (χ0v) is 12.9. The maximum Gasteiger partial charge on any atom is 0.327 e. The van der Waals surface area contributed by atoms with Crippen molar-refractivity contribution in [2.45, 2.75) is 6.04 Å². The summed E-state index contributed by atoms with van der Waals surface area (Å²) in [7, 11) is 3.55. The summed E-state index contributed by atoms with van der Waals surface area (Å²) < 4.78 is 5.98. The lowest BCUT2D eigenvalue weighted by Crippen LogP contribution is -2.48. The van der Waals surface area contributed by atoms with Gasteiger partial charge in [0.05, 0.1) is 7.11 Å². The third-order valence-electron chi connectivity index (χ3n) is 3.51. The highest BCUT2D eigenvalue weighted by Gasteiger charge is 2.30. The minimum absolute atomic E-state index is 0.188. The number of carbonyl (C=O) groups excluding carboxylic acids is 1. The summed E-state index contributed by atoms with van der Waals surface area (Å²) in [5, 5.41) is 0. The van der Waals surface area contributed by atoms with Crippen molar-refractivity contribution in [3.05, 3.63) is 34.3 Å². The van der Waals surface area contributed by atoms with Gasteiger partial charge in [0.15, 0.2) is 0 Å². The van der Waals surface area contributed by atoms with E-state index in [2.05, 4.69) is 32.8 Å². The van der Waals surface area contributed by atoms with E-state index in [0.717, 1.165) is 36.2 Å². The molecule has 0 aromatic heterocycles. The number of ether oxygens (including phenoxy) is 1. The summed E-state index contributed by atoms with van der Waals surface area (Å²) in [5.41, 5.74) is 0.986. The number of esters is 1. The largest absolute Gasteiger partial charge is 0.468 e. The molecule has 0 amide bonds. The number of nitrogens with zero attached hydrogens (tertiary/aromatic N) is 2. The number of carbonyl (C=O) groups is 1. The van der Waals surface area contributed by atoms with E-state index in [0.29, 0.717) is 0 Å². The fourth-order valence-corrected chi connectivity index (χ4v) is 2.60. The number of piperazine rings is 1. The lowest BCUT2D eigenvalue weighted by Gasteiger charge is -2.36. The fraction of sp³-hybridized carbons (Fsp3) is 0.500. The third-order valence-corrected chi connectivity index (χ3v) is 4.04. The molecule has 0 spiro atoms. The third kappa shape index (κ3) is 3.55. The van der Waals surface area contributed by atoms with Crippen LogP contribution in [0.1, 0.15) is 11.6 Å². The highest BCUT2D eigenvalue weighted by molar-refractivity contribution is 9.10. The molecule has 5 heteroatoms. The quantitative estimate of drug-likeness (QED) is 0.794. The lowest BCUT2D eigenvalue weighted by molar-refractivity contribution is -0.148. The van der Waals surface area contributed by atoms with Gasteiger partial charge in [-0.3, -0.25) is 4.90 Å². The van der Waals surface area contributed by atoms with E-state index in [9.17, 15) is 4.79 Å². The number of halogens is 1. The summed E-state index contributed by atoms with van der Waals surface area (Å²) in [4.78, 5) is 16.5. The molecule has 0 saturated carbocycles. The van der Waals surface area contributed by atoms with Crippen molar-refractivity contribution in [3.8, 4) is 0 Å². The van der Waals surface area contributed by atoms with Crippen molar-refractivity contribution in [2.75, 3.05) is 40.3 Å². The van der Waals surface area contributed by atoms with Gasteiger partial charge < -0.3 is 9.64 Å². The van der Waals surface area contributed by atoms with E-state index in [1.807, 2.05) is 24.3 Å². The second kappa shape index (κ2) is 6.50. The molecule has 0 N–H and O–H groups in total. The Labute approximate surface area is 122 Å². The first-order chi connectivity index (χ1) is 9.11. The first-order valence-electron chi connectivity index (χ1n) is 6.37. The molecule has 104 valence electrons. The maximum atomic E-state index is 12.1. The van der Waals surface area contributed by atoms with Crippen molar-refractivity contribution >= 4 is 21.9 Å². The predicted molar refractivity (Wildman–Crippen MR) is 78.0 cm³/mol. The maximum absolute atomic E-state index is 12.1. The van der Waals surface area contributed by atoms with E-state index in [1.54, 1.807) is 0 Å². The Morgan fingerprint density at radius 2 is 1.79 bits per heavy atom. The van der Waals surface area contributed by atoms with Gasteiger partial charge in [0.1, 0.15) is 6.04 Å². The second-order valence-electron chi connectivity index (χ2n) is 4.82. The van der Waals surface area contributed by atoms with E-state index in [1.165, 1.54) is 7.11 Å². The number of rotatable bonds is 3. The van der Waals surface area contributed by atoms with Crippen molar-refractivity contribution in [1.29, 1.82) is 0 Å². The zero-order valence-electron chi connectivity index (χ0n) is 11.3. The topological polar surface area (TPSA) is 32.8 Å². The second-order valence-corrected chi connectivity index (χ2v) is 5.73. The standard InChI is InChI=1S/C14H19BrN2O2/c1-16-7-9-17(10-8-16)13(14(18)19-2)11-3-5-12(15)6-4-11/h3-6,13H,7-10H2,1-2H3. The predicted octanol–water partition coefficient (Wildman–Crippen LogP) is 1.91. The summed E-state index contributed by atoms with van der Waals surface area (Å²) in [6.45, 7) is 3.71. The molecular weight excluding hydrogens is 308 g/mol. The number of methoxy groups -OCH3 is 1. The Morgan fingerprint density at radius 1 is 1.21 bits per heavy atom. The van der Waals surface area contributed by atoms with Crippen molar-refractivity contribution in [3.63, 3.8) is 0 Å². The monoisotopic (exact) mass is 326 g/mol. The average Bonchev–Trinajstić information content (AvgIpc) is 2.43. The van der Waals surface area contributed by atoms with Gasteiger partial charge in [0.2, 0.25) is 0 Å². The van der Waals surface area contributed by atoms with Crippen LogP contribution in [0.15, 0.2) is 28.7 Å². The van der Waals surface area contributed by atoms with Gasteiger partial charge in [0.25, 0.3) is 0 Å². The van der Waals surface area contributed by atoms with Crippen molar-refractivity contribution in [1.82, 2.24) is 9.80 Å². The van der Waals surface area contributed by atoms with Gasteiger partial charge in [0, 0.05) is 30.7 Å². The molecule has 2 rings (SSSR count). The van der Waals surface area contributed by atoms with Gasteiger partial charge in [-0.25, -0.2) is 4.79 Å². The van der Waals surface area contributed by atoms with Crippen LogP contribution in [0.4, 0.5) is 0 Å². The van der Waals surface area contributed by atoms with Crippen LogP contribution in [-0.2, 0) is 9.53 Å². The number of likely N-dealkylation sites (N-methyl/N-ethyl adjacent to an activating group) is 1. The Bertz CT molecular complexity index is 428. The number of hydrogen-bond acceptors (Lipinski definition) is 4. The van der Waals surface area contributed by atoms with Crippen LogP contribution in [0.2, 0.25) is 0 Å². The summed E-state index contributed by atoms with van der Waals surface area (Å²) in [6.07, 6.45) is 0. The van der Waals surface area contributed by atoms with Gasteiger partial charge in [-0.05, 0) is 24.7 Å². The van der Waals surface area contributed by atoms with Crippen LogP contribution in [0, 0.1) is 0 Å². The first kappa shape index (κ1) is 14.5. The molecule has 1 aromatic rings. The van der Waals surface area contributed by atoms with Gasteiger partial charge in [-0.2, -0.15) is 0 Å². The van der Waals surface area contributed by atoms with Crippen molar-refractivity contribution in [2.24, 2.45) is 0 Å². The van der Waals surface area contributed by atoms with Crippen LogP contribution in [0.3, 0.4) is 0 Å². The molecule has 19 heavy (non-hydrogen) atoms. The molecule has 1 aliphatic rings.